The molecule has 5 heteroatoms. The van der Waals surface area contributed by atoms with Gasteiger partial charge in [0, 0.05) is 42.5 Å². The van der Waals surface area contributed by atoms with Gasteiger partial charge in [-0.3, -0.25) is 9.69 Å². The molecule has 3 N–H and O–H groups in total. The van der Waals surface area contributed by atoms with Crippen molar-refractivity contribution in [2.45, 2.75) is 57.8 Å². The Labute approximate surface area is 125 Å². The molecule has 0 saturated heterocycles. The highest BCUT2D eigenvalue weighted by molar-refractivity contribution is 7.09. The third-order valence-corrected chi connectivity index (χ3v) is 4.55. The van der Waals surface area contributed by atoms with Crippen LogP contribution in [0.25, 0.3) is 0 Å². The van der Waals surface area contributed by atoms with Crippen molar-refractivity contribution in [3.8, 4) is 0 Å². The summed E-state index contributed by atoms with van der Waals surface area (Å²) in [6.07, 6.45) is 2.75. The maximum Gasteiger partial charge on any atom is 0.221 e. The summed E-state index contributed by atoms with van der Waals surface area (Å²) in [5, 5.41) is 5.14. The van der Waals surface area contributed by atoms with Crippen LogP contribution in [0.15, 0.2) is 17.5 Å². The molecule has 4 nitrogen and oxygen atoms in total. The van der Waals surface area contributed by atoms with Crippen LogP contribution in [0.3, 0.4) is 0 Å². The second-order valence-electron chi connectivity index (χ2n) is 5.78. The average molecular weight is 295 g/mol. The van der Waals surface area contributed by atoms with E-state index in [9.17, 15) is 4.79 Å². The largest absolute Gasteiger partial charge is 0.353 e. The van der Waals surface area contributed by atoms with Gasteiger partial charge in [-0.2, -0.15) is 0 Å². The SMILES string of the molecule is CC(C)N(Cc1cccs1)C(CN)CC(=O)NC1CC1. The molecular weight excluding hydrogens is 270 g/mol. The molecule has 0 spiro atoms. The molecule has 1 atom stereocenters. The van der Waals surface area contributed by atoms with Crippen molar-refractivity contribution in [2.75, 3.05) is 6.54 Å². The number of hydrogen-bond donors (Lipinski definition) is 2. The molecule has 2 rings (SSSR count). The molecule has 0 radical (unpaired) electrons. The van der Waals surface area contributed by atoms with Crippen LogP contribution in [-0.4, -0.2) is 35.5 Å². The van der Waals surface area contributed by atoms with Gasteiger partial charge in [0.05, 0.1) is 0 Å². The Kier molecular flexibility index (Phi) is 5.57. The van der Waals surface area contributed by atoms with Gasteiger partial charge in [0.15, 0.2) is 0 Å². The number of nitrogens with one attached hydrogen (secondary N) is 1. The van der Waals surface area contributed by atoms with Crippen molar-refractivity contribution in [1.82, 2.24) is 10.2 Å². The summed E-state index contributed by atoms with van der Waals surface area (Å²) in [6, 6.07) is 5.11. The van der Waals surface area contributed by atoms with Crippen LogP contribution in [-0.2, 0) is 11.3 Å². The van der Waals surface area contributed by atoms with Crippen molar-refractivity contribution in [3.63, 3.8) is 0 Å². The standard InChI is InChI=1S/C15H25N3OS/c1-11(2)18(10-14-4-3-7-20-14)13(9-16)8-15(19)17-12-5-6-12/h3-4,7,11-13H,5-6,8-10,16H2,1-2H3,(H,17,19). The van der Waals surface area contributed by atoms with E-state index in [0.29, 0.717) is 25.0 Å². The van der Waals surface area contributed by atoms with Crippen LogP contribution >= 0.6 is 11.3 Å². The van der Waals surface area contributed by atoms with E-state index in [1.807, 2.05) is 0 Å². The molecule has 20 heavy (non-hydrogen) atoms. The molecule has 1 aliphatic carbocycles. The topological polar surface area (TPSA) is 58.4 Å². The number of carbonyl (C=O) groups excluding carboxylic acids is 1. The Morgan fingerprint density at radius 3 is 2.80 bits per heavy atom. The van der Waals surface area contributed by atoms with Gasteiger partial charge in [0.1, 0.15) is 0 Å². The Balaban J connectivity index is 1.94. The minimum Gasteiger partial charge on any atom is -0.353 e. The molecule has 0 bridgehead atoms. The van der Waals surface area contributed by atoms with Gasteiger partial charge in [-0.15, -0.1) is 11.3 Å². The summed E-state index contributed by atoms with van der Waals surface area (Å²) in [6.45, 7) is 5.71. The minimum absolute atomic E-state index is 0.107. The summed E-state index contributed by atoms with van der Waals surface area (Å²) >= 11 is 1.75. The summed E-state index contributed by atoms with van der Waals surface area (Å²) in [5.41, 5.74) is 5.92. The maximum atomic E-state index is 12.0. The van der Waals surface area contributed by atoms with E-state index in [0.717, 1.165) is 19.4 Å². The molecule has 1 aromatic heterocycles. The van der Waals surface area contributed by atoms with Crippen LogP contribution in [0.1, 0.15) is 38.0 Å². The van der Waals surface area contributed by atoms with E-state index in [4.69, 9.17) is 5.73 Å². The zero-order valence-electron chi connectivity index (χ0n) is 12.3. The van der Waals surface area contributed by atoms with Crippen molar-refractivity contribution in [3.05, 3.63) is 22.4 Å². The predicted molar refractivity (Wildman–Crippen MR) is 83.6 cm³/mol. The van der Waals surface area contributed by atoms with Gasteiger partial charge in [0.2, 0.25) is 5.91 Å². The first kappa shape index (κ1) is 15.5. The Bertz CT molecular complexity index is 415. The van der Waals surface area contributed by atoms with Crippen LogP contribution in [0, 0.1) is 0 Å². The molecule has 0 aliphatic heterocycles. The molecule has 1 amide bonds. The van der Waals surface area contributed by atoms with Gasteiger partial charge in [-0.1, -0.05) is 6.07 Å². The maximum absolute atomic E-state index is 12.0. The van der Waals surface area contributed by atoms with Crippen LogP contribution in [0.5, 0.6) is 0 Å². The van der Waals surface area contributed by atoms with E-state index in [-0.39, 0.29) is 11.9 Å². The molecule has 1 aromatic rings. The molecule has 1 fully saturated rings. The first-order chi connectivity index (χ1) is 9.60. The van der Waals surface area contributed by atoms with Crippen molar-refractivity contribution in [1.29, 1.82) is 0 Å². The molecule has 1 heterocycles. The zero-order valence-corrected chi connectivity index (χ0v) is 13.2. The number of rotatable bonds is 8. The number of carbonyl (C=O) groups is 1. The van der Waals surface area contributed by atoms with E-state index < -0.39 is 0 Å². The van der Waals surface area contributed by atoms with Gasteiger partial charge in [-0.25, -0.2) is 0 Å². The monoisotopic (exact) mass is 295 g/mol. The summed E-state index contributed by atoms with van der Waals surface area (Å²) in [5.74, 6) is 0.139. The first-order valence-electron chi connectivity index (χ1n) is 7.37. The number of amides is 1. The Morgan fingerprint density at radius 1 is 1.55 bits per heavy atom. The quantitative estimate of drug-likeness (QED) is 0.771. The van der Waals surface area contributed by atoms with Gasteiger partial charge < -0.3 is 11.1 Å². The summed E-state index contributed by atoms with van der Waals surface area (Å²) in [7, 11) is 0. The lowest BCUT2D eigenvalue weighted by molar-refractivity contribution is -0.122. The molecule has 112 valence electrons. The highest BCUT2D eigenvalue weighted by Crippen LogP contribution is 2.20. The highest BCUT2D eigenvalue weighted by Gasteiger charge is 2.27. The van der Waals surface area contributed by atoms with E-state index in [1.54, 1.807) is 11.3 Å². The third kappa shape index (κ3) is 4.58. The molecule has 1 aliphatic rings. The Hall–Kier alpha value is -0.910. The number of thiophene rings is 1. The van der Waals surface area contributed by atoms with Crippen LogP contribution < -0.4 is 11.1 Å². The fourth-order valence-corrected chi connectivity index (χ4v) is 3.09. The lowest BCUT2D eigenvalue weighted by Gasteiger charge is -2.33. The van der Waals surface area contributed by atoms with Crippen molar-refractivity contribution < 1.29 is 4.79 Å². The van der Waals surface area contributed by atoms with E-state index in [2.05, 4.69) is 41.6 Å². The van der Waals surface area contributed by atoms with E-state index >= 15 is 0 Å². The van der Waals surface area contributed by atoms with E-state index in [1.165, 1.54) is 4.88 Å². The van der Waals surface area contributed by atoms with Crippen molar-refractivity contribution >= 4 is 17.2 Å². The smallest absolute Gasteiger partial charge is 0.221 e. The van der Waals surface area contributed by atoms with Gasteiger partial charge in [0.25, 0.3) is 0 Å². The summed E-state index contributed by atoms with van der Waals surface area (Å²) in [4.78, 5) is 15.7. The fourth-order valence-electron chi connectivity index (χ4n) is 2.38. The van der Waals surface area contributed by atoms with Crippen LogP contribution in [0.4, 0.5) is 0 Å². The normalized spacial score (nSPS) is 16.6. The second kappa shape index (κ2) is 7.20. The zero-order chi connectivity index (χ0) is 14.5. The predicted octanol–water partition coefficient (Wildman–Crippen LogP) is 1.95. The first-order valence-corrected chi connectivity index (χ1v) is 8.25. The minimum atomic E-state index is 0.107. The number of nitrogens with two attached hydrogens (primary N) is 1. The fraction of sp³-hybridized carbons (Fsp3) is 0.667. The molecule has 1 unspecified atom stereocenters. The molecular formula is C15H25N3OS. The third-order valence-electron chi connectivity index (χ3n) is 3.69. The molecule has 0 aromatic carbocycles. The molecule has 1 saturated carbocycles. The average Bonchev–Trinajstić information content (AvgIpc) is 3.06. The Morgan fingerprint density at radius 2 is 2.30 bits per heavy atom. The van der Waals surface area contributed by atoms with Crippen molar-refractivity contribution in [2.24, 2.45) is 5.73 Å². The number of nitrogens with zero attached hydrogens (tertiary/aromatic N) is 1. The highest BCUT2D eigenvalue weighted by atomic mass is 32.1. The van der Waals surface area contributed by atoms with Crippen LogP contribution in [0.2, 0.25) is 0 Å². The lowest BCUT2D eigenvalue weighted by atomic mass is 10.1. The van der Waals surface area contributed by atoms with Gasteiger partial charge in [-0.05, 0) is 38.1 Å². The van der Waals surface area contributed by atoms with Gasteiger partial charge >= 0.3 is 0 Å². The summed E-state index contributed by atoms with van der Waals surface area (Å²) < 4.78 is 0. The number of hydrogen-bond acceptors (Lipinski definition) is 4. The second-order valence-corrected chi connectivity index (χ2v) is 6.81. The lowest BCUT2D eigenvalue weighted by Crippen LogP contribution is -2.46.